The third kappa shape index (κ3) is 2.65. The molecule has 0 unspecified atom stereocenters. The van der Waals surface area contributed by atoms with E-state index in [9.17, 15) is 9.59 Å². The fraction of sp³-hybridized carbons (Fsp3) is 0.143. The number of carbonyl (C=O) groups is 2. The standard InChI is InChI=1S/C14H13NO4/c1-18-11-5-3-4-9(6-11)13(16)10-7-12(15-8-10)14(17)19-2/h3-8,15H,1-2H3. The summed E-state index contributed by atoms with van der Waals surface area (Å²) in [5, 5.41) is 0. The van der Waals surface area contributed by atoms with Gasteiger partial charge in [-0.3, -0.25) is 4.79 Å². The maximum absolute atomic E-state index is 12.2. The molecule has 1 heterocycles. The van der Waals surface area contributed by atoms with Gasteiger partial charge in [0.2, 0.25) is 0 Å². The SMILES string of the molecule is COC(=O)c1cc(C(=O)c2cccc(OC)c2)c[nH]1. The van der Waals surface area contributed by atoms with Gasteiger partial charge < -0.3 is 14.5 Å². The van der Waals surface area contributed by atoms with Gasteiger partial charge in [-0.25, -0.2) is 4.79 Å². The highest BCUT2D eigenvalue weighted by molar-refractivity contribution is 6.10. The first-order chi connectivity index (χ1) is 9.15. The lowest BCUT2D eigenvalue weighted by molar-refractivity contribution is 0.0595. The lowest BCUT2D eigenvalue weighted by Gasteiger charge is -2.02. The Balaban J connectivity index is 2.28. The Morgan fingerprint density at radius 1 is 1.11 bits per heavy atom. The van der Waals surface area contributed by atoms with Crippen molar-refractivity contribution in [2.24, 2.45) is 0 Å². The molecule has 5 heteroatoms. The van der Waals surface area contributed by atoms with E-state index in [1.165, 1.54) is 26.5 Å². The number of rotatable bonds is 4. The van der Waals surface area contributed by atoms with Crippen molar-refractivity contribution in [1.29, 1.82) is 0 Å². The number of carbonyl (C=O) groups excluding carboxylic acids is 2. The number of esters is 1. The van der Waals surface area contributed by atoms with Crippen LogP contribution in [0.25, 0.3) is 0 Å². The van der Waals surface area contributed by atoms with Crippen molar-refractivity contribution in [3.63, 3.8) is 0 Å². The third-order valence-electron chi connectivity index (χ3n) is 2.68. The fourth-order valence-corrected chi connectivity index (χ4v) is 1.68. The molecule has 98 valence electrons. The summed E-state index contributed by atoms with van der Waals surface area (Å²) in [6.45, 7) is 0. The van der Waals surface area contributed by atoms with Gasteiger partial charge in [-0.15, -0.1) is 0 Å². The summed E-state index contributed by atoms with van der Waals surface area (Å²) in [6.07, 6.45) is 1.48. The highest BCUT2D eigenvalue weighted by atomic mass is 16.5. The second-order valence-electron chi connectivity index (χ2n) is 3.85. The van der Waals surface area contributed by atoms with Crippen molar-refractivity contribution in [3.8, 4) is 5.75 Å². The van der Waals surface area contributed by atoms with E-state index in [-0.39, 0.29) is 11.5 Å². The number of nitrogens with one attached hydrogen (secondary N) is 1. The summed E-state index contributed by atoms with van der Waals surface area (Å²) in [6, 6.07) is 8.30. The molecule has 0 fully saturated rings. The van der Waals surface area contributed by atoms with Gasteiger partial charge in [0.1, 0.15) is 11.4 Å². The largest absolute Gasteiger partial charge is 0.497 e. The second kappa shape index (κ2) is 5.39. The van der Waals surface area contributed by atoms with E-state index < -0.39 is 5.97 Å². The molecule has 0 spiro atoms. The molecule has 2 aromatic rings. The number of methoxy groups -OCH3 is 2. The first-order valence-corrected chi connectivity index (χ1v) is 5.61. The molecule has 0 aliphatic carbocycles. The molecule has 0 atom stereocenters. The quantitative estimate of drug-likeness (QED) is 0.674. The van der Waals surface area contributed by atoms with Crippen LogP contribution < -0.4 is 4.74 Å². The molecular formula is C14H13NO4. The second-order valence-corrected chi connectivity index (χ2v) is 3.85. The number of H-pyrrole nitrogens is 1. The Morgan fingerprint density at radius 2 is 1.89 bits per heavy atom. The highest BCUT2D eigenvalue weighted by Crippen LogP contribution is 2.17. The molecule has 1 N–H and O–H groups in total. The average molecular weight is 259 g/mol. The summed E-state index contributed by atoms with van der Waals surface area (Å²) in [4.78, 5) is 26.2. The number of hydrogen-bond acceptors (Lipinski definition) is 4. The van der Waals surface area contributed by atoms with Gasteiger partial charge in [-0.05, 0) is 18.2 Å². The Labute approximate surface area is 110 Å². The van der Waals surface area contributed by atoms with E-state index >= 15 is 0 Å². The van der Waals surface area contributed by atoms with Gasteiger partial charge in [0, 0.05) is 17.3 Å². The van der Waals surface area contributed by atoms with Crippen molar-refractivity contribution in [1.82, 2.24) is 4.98 Å². The molecule has 1 aromatic heterocycles. The Bertz CT molecular complexity index is 615. The van der Waals surface area contributed by atoms with E-state index in [0.717, 1.165) is 0 Å². The first kappa shape index (κ1) is 12.9. The monoisotopic (exact) mass is 259 g/mol. The summed E-state index contributed by atoms with van der Waals surface area (Å²) in [5.74, 6) is -0.0930. The number of ketones is 1. The maximum Gasteiger partial charge on any atom is 0.354 e. The Kier molecular flexibility index (Phi) is 3.66. The van der Waals surface area contributed by atoms with Crippen LogP contribution in [0.1, 0.15) is 26.4 Å². The lowest BCUT2D eigenvalue weighted by atomic mass is 10.1. The van der Waals surface area contributed by atoms with Crippen LogP contribution in [-0.2, 0) is 4.74 Å². The van der Waals surface area contributed by atoms with Gasteiger partial charge in [0.25, 0.3) is 0 Å². The molecule has 1 aromatic carbocycles. The molecule has 0 saturated carbocycles. The zero-order valence-electron chi connectivity index (χ0n) is 10.6. The first-order valence-electron chi connectivity index (χ1n) is 5.61. The zero-order valence-corrected chi connectivity index (χ0v) is 10.6. The van der Waals surface area contributed by atoms with Crippen LogP contribution in [0.4, 0.5) is 0 Å². The molecule has 0 aliphatic rings. The topological polar surface area (TPSA) is 68.4 Å². The average Bonchev–Trinajstić information content (AvgIpc) is 2.95. The van der Waals surface area contributed by atoms with Crippen molar-refractivity contribution in [2.45, 2.75) is 0 Å². The van der Waals surface area contributed by atoms with Gasteiger partial charge in [0.15, 0.2) is 5.78 Å². The minimum Gasteiger partial charge on any atom is -0.497 e. The van der Waals surface area contributed by atoms with Gasteiger partial charge >= 0.3 is 5.97 Å². The lowest BCUT2D eigenvalue weighted by Crippen LogP contribution is -2.02. The predicted octanol–water partition coefficient (Wildman–Crippen LogP) is 2.04. The van der Waals surface area contributed by atoms with Crippen LogP contribution in [0, 0.1) is 0 Å². The van der Waals surface area contributed by atoms with Crippen LogP contribution in [0.2, 0.25) is 0 Å². The molecule has 0 bridgehead atoms. The van der Waals surface area contributed by atoms with Crippen molar-refractivity contribution < 1.29 is 19.1 Å². The number of ether oxygens (including phenoxy) is 2. The number of hydrogen-bond donors (Lipinski definition) is 1. The van der Waals surface area contributed by atoms with Crippen molar-refractivity contribution >= 4 is 11.8 Å². The Hall–Kier alpha value is -2.56. The molecule has 19 heavy (non-hydrogen) atoms. The van der Waals surface area contributed by atoms with Crippen molar-refractivity contribution in [2.75, 3.05) is 14.2 Å². The van der Waals surface area contributed by atoms with Crippen LogP contribution in [0.15, 0.2) is 36.5 Å². The van der Waals surface area contributed by atoms with E-state index in [0.29, 0.717) is 16.9 Å². The molecule has 2 rings (SSSR count). The number of aromatic nitrogens is 1. The number of aromatic amines is 1. The van der Waals surface area contributed by atoms with Gasteiger partial charge in [-0.2, -0.15) is 0 Å². The van der Waals surface area contributed by atoms with Crippen molar-refractivity contribution in [3.05, 3.63) is 53.3 Å². The minimum absolute atomic E-state index is 0.190. The summed E-state index contributed by atoms with van der Waals surface area (Å²) < 4.78 is 9.64. The summed E-state index contributed by atoms with van der Waals surface area (Å²) >= 11 is 0. The Morgan fingerprint density at radius 3 is 2.58 bits per heavy atom. The van der Waals surface area contributed by atoms with Crippen LogP contribution in [-0.4, -0.2) is 31.0 Å². The van der Waals surface area contributed by atoms with Gasteiger partial charge in [-0.1, -0.05) is 12.1 Å². The minimum atomic E-state index is -0.510. The van der Waals surface area contributed by atoms with Gasteiger partial charge in [0.05, 0.1) is 14.2 Å². The third-order valence-corrected chi connectivity index (χ3v) is 2.68. The highest BCUT2D eigenvalue weighted by Gasteiger charge is 2.15. The number of benzene rings is 1. The molecule has 0 amide bonds. The summed E-state index contributed by atoms with van der Waals surface area (Å²) in [7, 11) is 2.82. The molecule has 0 aliphatic heterocycles. The molecule has 0 radical (unpaired) electrons. The molecular weight excluding hydrogens is 246 g/mol. The maximum atomic E-state index is 12.2. The smallest absolute Gasteiger partial charge is 0.354 e. The van der Waals surface area contributed by atoms with E-state index in [1.54, 1.807) is 24.3 Å². The van der Waals surface area contributed by atoms with E-state index in [4.69, 9.17) is 4.74 Å². The van der Waals surface area contributed by atoms with E-state index in [2.05, 4.69) is 9.72 Å². The summed E-state index contributed by atoms with van der Waals surface area (Å²) in [5.41, 5.74) is 1.14. The predicted molar refractivity (Wildman–Crippen MR) is 68.6 cm³/mol. The van der Waals surface area contributed by atoms with Crippen LogP contribution >= 0.6 is 0 Å². The fourth-order valence-electron chi connectivity index (χ4n) is 1.68. The molecule has 0 saturated heterocycles. The van der Waals surface area contributed by atoms with Crippen LogP contribution in [0.3, 0.4) is 0 Å². The normalized spacial score (nSPS) is 10.0. The van der Waals surface area contributed by atoms with Crippen LogP contribution in [0.5, 0.6) is 5.75 Å². The molecule has 5 nitrogen and oxygen atoms in total. The van der Waals surface area contributed by atoms with E-state index in [1.807, 2.05) is 0 Å². The zero-order chi connectivity index (χ0) is 13.8.